The van der Waals surface area contributed by atoms with Crippen LogP contribution in [0, 0.1) is 0 Å². The van der Waals surface area contributed by atoms with Crippen molar-refractivity contribution in [1.29, 1.82) is 0 Å². The molecule has 1 aromatic carbocycles. The maximum atomic E-state index is 12.6. The lowest BCUT2D eigenvalue weighted by Crippen LogP contribution is -2.17. The molecule has 26 heavy (non-hydrogen) atoms. The molecule has 0 saturated carbocycles. The summed E-state index contributed by atoms with van der Waals surface area (Å²) in [6, 6.07) is 16.6. The van der Waals surface area contributed by atoms with Gasteiger partial charge in [0.2, 0.25) is 0 Å². The highest BCUT2D eigenvalue weighted by atomic mass is 32.1. The number of primary amides is 1. The lowest BCUT2D eigenvalue weighted by molar-refractivity contribution is 0.100. The molecule has 0 saturated heterocycles. The maximum absolute atomic E-state index is 12.6. The number of rotatable bonds is 4. The van der Waals surface area contributed by atoms with Crippen molar-refractivity contribution in [2.45, 2.75) is 0 Å². The van der Waals surface area contributed by atoms with E-state index < -0.39 is 11.8 Å². The van der Waals surface area contributed by atoms with Gasteiger partial charge in [-0.3, -0.25) is 9.59 Å². The fourth-order valence-corrected chi connectivity index (χ4v) is 3.64. The topological polar surface area (TPSA) is 102 Å². The number of aromatic nitrogens is 3. The predicted octanol–water partition coefficient (Wildman–Crippen LogP) is 2.81. The molecule has 0 aliphatic carbocycles. The molecule has 3 N–H and O–H groups in total. The lowest BCUT2D eigenvalue weighted by Gasteiger charge is -2.02. The standard InChI is InChI=1S/C18H13N5O2S/c19-16(24)12-10-14(11-6-2-1-3-7-11)26-18(12)20-17(25)15-13-8-4-5-9-23(13)22-21-15/h1-10H,(H2,19,24)(H,20,25). The van der Waals surface area contributed by atoms with Gasteiger partial charge < -0.3 is 11.1 Å². The van der Waals surface area contributed by atoms with Crippen LogP contribution in [0.4, 0.5) is 5.00 Å². The van der Waals surface area contributed by atoms with Gasteiger partial charge >= 0.3 is 0 Å². The number of fused-ring (bicyclic) bond motifs is 1. The van der Waals surface area contributed by atoms with Crippen molar-refractivity contribution in [3.05, 3.63) is 72.1 Å². The van der Waals surface area contributed by atoms with Gasteiger partial charge in [0.1, 0.15) is 5.00 Å². The molecule has 0 aliphatic rings. The van der Waals surface area contributed by atoms with Crippen LogP contribution in [0.15, 0.2) is 60.8 Å². The van der Waals surface area contributed by atoms with Crippen LogP contribution in [0.25, 0.3) is 16.0 Å². The van der Waals surface area contributed by atoms with E-state index in [-0.39, 0.29) is 11.3 Å². The summed E-state index contributed by atoms with van der Waals surface area (Å²) in [4.78, 5) is 25.3. The second-order valence-electron chi connectivity index (χ2n) is 5.51. The third-order valence-corrected chi connectivity index (χ3v) is 4.92. The molecular weight excluding hydrogens is 350 g/mol. The van der Waals surface area contributed by atoms with E-state index in [0.29, 0.717) is 10.5 Å². The van der Waals surface area contributed by atoms with Crippen molar-refractivity contribution in [3.8, 4) is 10.4 Å². The van der Waals surface area contributed by atoms with Gasteiger partial charge in [-0.25, -0.2) is 4.52 Å². The number of nitrogens with one attached hydrogen (secondary N) is 1. The molecule has 0 radical (unpaired) electrons. The molecule has 0 bridgehead atoms. The van der Waals surface area contributed by atoms with Crippen molar-refractivity contribution in [2.75, 3.05) is 5.32 Å². The average Bonchev–Trinajstić information content (AvgIpc) is 3.27. The second kappa shape index (κ2) is 6.41. The largest absolute Gasteiger partial charge is 0.366 e. The summed E-state index contributed by atoms with van der Waals surface area (Å²) < 4.78 is 1.51. The number of hydrogen-bond acceptors (Lipinski definition) is 5. The SMILES string of the molecule is NC(=O)c1cc(-c2ccccc2)sc1NC(=O)c1nnn2ccccc12. The summed E-state index contributed by atoms with van der Waals surface area (Å²) in [7, 11) is 0. The van der Waals surface area contributed by atoms with E-state index in [1.807, 2.05) is 30.3 Å². The Morgan fingerprint density at radius 3 is 2.62 bits per heavy atom. The van der Waals surface area contributed by atoms with Crippen LogP contribution >= 0.6 is 11.3 Å². The zero-order valence-electron chi connectivity index (χ0n) is 13.4. The van der Waals surface area contributed by atoms with E-state index in [0.717, 1.165) is 10.4 Å². The number of amides is 2. The zero-order chi connectivity index (χ0) is 18.1. The van der Waals surface area contributed by atoms with E-state index in [1.54, 1.807) is 30.5 Å². The zero-order valence-corrected chi connectivity index (χ0v) is 14.2. The Kier molecular flexibility index (Phi) is 3.94. The third kappa shape index (κ3) is 2.82. The van der Waals surface area contributed by atoms with Gasteiger partial charge in [0.15, 0.2) is 5.69 Å². The quantitative estimate of drug-likeness (QED) is 0.582. The van der Waals surface area contributed by atoms with Gasteiger partial charge in [-0.2, -0.15) is 0 Å². The minimum absolute atomic E-state index is 0.177. The summed E-state index contributed by atoms with van der Waals surface area (Å²) in [5.74, 6) is -1.05. The lowest BCUT2D eigenvalue weighted by atomic mass is 10.1. The highest BCUT2D eigenvalue weighted by molar-refractivity contribution is 7.20. The minimum atomic E-state index is -0.605. The molecule has 8 heteroatoms. The first-order valence-electron chi connectivity index (χ1n) is 7.74. The van der Waals surface area contributed by atoms with Gasteiger partial charge in [0.05, 0.1) is 11.1 Å². The number of anilines is 1. The van der Waals surface area contributed by atoms with Crippen LogP contribution in [0.5, 0.6) is 0 Å². The van der Waals surface area contributed by atoms with E-state index in [1.165, 1.54) is 15.9 Å². The number of pyridine rings is 1. The number of carbonyl (C=O) groups excluding carboxylic acids is 2. The fourth-order valence-electron chi connectivity index (χ4n) is 2.58. The molecule has 7 nitrogen and oxygen atoms in total. The molecular formula is C18H13N5O2S. The smallest absolute Gasteiger partial charge is 0.279 e. The second-order valence-corrected chi connectivity index (χ2v) is 6.56. The van der Waals surface area contributed by atoms with Crippen LogP contribution in [0.1, 0.15) is 20.8 Å². The summed E-state index contributed by atoms with van der Waals surface area (Å²) in [6.07, 6.45) is 1.70. The first-order valence-corrected chi connectivity index (χ1v) is 8.55. The van der Waals surface area contributed by atoms with Crippen LogP contribution < -0.4 is 11.1 Å². The average molecular weight is 363 g/mol. The van der Waals surface area contributed by atoms with Crippen molar-refractivity contribution in [1.82, 2.24) is 14.8 Å². The number of nitrogens with zero attached hydrogens (tertiary/aromatic N) is 3. The highest BCUT2D eigenvalue weighted by Gasteiger charge is 2.20. The molecule has 0 unspecified atom stereocenters. The Balaban J connectivity index is 1.70. The first-order chi connectivity index (χ1) is 12.6. The molecule has 2 amide bonds. The van der Waals surface area contributed by atoms with Crippen LogP contribution in [0.2, 0.25) is 0 Å². The summed E-state index contributed by atoms with van der Waals surface area (Å²) in [5, 5.41) is 11.0. The van der Waals surface area contributed by atoms with Crippen molar-refractivity contribution in [2.24, 2.45) is 5.73 Å². The van der Waals surface area contributed by atoms with E-state index in [9.17, 15) is 9.59 Å². The van der Waals surface area contributed by atoms with Gasteiger partial charge in [-0.15, -0.1) is 16.4 Å². The first kappa shape index (κ1) is 16.0. The molecule has 3 heterocycles. The maximum Gasteiger partial charge on any atom is 0.279 e. The number of benzene rings is 1. The fraction of sp³-hybridized carbons (Fsp3) is 0. The van der Waals surface area contributed by atoms with Gasteiger partial charge in [0, 0.05) is 11.1 Å². The summed E-state index contributed by atoms with van der Waals surface area (Å²) in [6.45, 7) is 0. The van der Waals surface area contributed by atoms with E-state index >= 15 is 0 Å². The minimum Gasteiger partial charge on any atom is -0.366 e. The Labute approximate surface area is 152 Å². The number of thiophene rings is 1. The third-order valence-electron chi connectivity index (χ3n) is 3.82. The molecule has 4 aromatic rings. The molecule has 128 valence electrons. The normalized spacial score (nSPS) is 10.8. The van der Waals surface area contributed by atoms with Gasteiger partial charge in [0.25, 0.3) is 11.8 Å². The van der Waals surface area contributed by atoms with Crippen molar-refractivity contribution in [3.63, 3.8) is 0 Å². The summed E-state index contributed by atoms with van der Waals surface area (Å²) in [5.41, 5.74) is 7.43. The molecule has 0 spiro atoms. The Hall–Kier alpha value is -3.52. The van der Waals surface area contributed by atoms with Gasteiger partial charge in [-0.1, -0.05) is 41.6 Å². The van der Waals surface area contributed by atoms with Crippen LogP contribution in [0.3, 0.4) is 0 Å². The monoisotopic (exact) mass is 363 g/mol. The number of carbonyl (C=O) groups is 2. The Morgan fingerprint density at radius 2 is 1.85 bits per heavy atom. The Morgan fingerprint density at radius 1 is 1.08 bits per heavy atom. The summed E-state index contributed by atoms with van der Waals surface area (Å²) >= 11 is 1.28. The van der Waals surface area contributed by atoms with Crippen LogP contribution in [-0.2, 0) is 0 Å². The molecule has 4 rings (SSSR count). The number of nitrogens with two attached hydrogens (primary N) is 1. The molecule has 0 fully saturated rings. The van der Waals surface area contributed by atoms with E-state index in [4.69, 9.17) is 5.73 Å². The molecule has 0 atom stereocenters. The number of hydrogen-bond donors (Lipinski definition) is 2. The Bertz CT molecular complexity index is 1120. The van der Waals surface area contributed by atoms with Crippen molar-refractivity contribution >= 4 is 33.7 Å². The molecule has 3 aromatic heterocycles. The van der Waals surface area contributed by atoms with Crippen molar-refractivity contribution < 1.29 is 9.59 Å². The predicted molar refractivity (Wildman–Crippen MR) is 99.2 cm³/mol. The van der Waals surface area contributed by atoms with E-state index in [2.05, 4.69) is 15.6 Å². The van der Waals surface area contributed by atoms with Crippen LogP contribution in [-0.4, -0.2) is 26.6 Å². The van der Waals surface area contributed by atoms with Gasteiger partial charge in [-0.05, 0) is 23.8 Å². The molecule has 0 aliphatic heterocycles. The highest BCUT2D eigenvalue weighted by Crippen LogP contribution is 2.35.